The van der Waals surface area contributed by atoms with E-state index >= 15 is 0 Å². The van der Waals surface area contributed by atoms with Crippen molar-refractivity contribution in [1.82, 2.24) is 19.7 Å². The topological polar surface area (TPSA) is 64.2 Å². The zero-order chi connectivity index (χ0) is 23.2. The summed E-state index contributed by atoms with van der Waals surface area (Å²) in [7, 11) is 0. The Hall–Kier alpha value is -3.03. The number of amides is 1. The molecule has 0 spiro atoms. The van der Waals surface area contributed by atoms with Crippen LogP contribution in [-0.2, 0) is 17.9 Å². The Labute approximate surface area is 202 Å². The van der Waals surface area contributed by atoms with Gasteiger partial charge in [0.2, 0.25) is 5.91 Å². The lowest BCUT2D eigenvalue weighted by atomic mass is 10.2. The number of thioether (sulfide) groups is 1. The molecule has 1 amide bonds. The average Bonchev–Trinajstić information content (AvgIpc) is 3.49. The van der Waals surface area contributed by atoms with Crippen molar-refractivity contribution in [3.63, 3.8) is 0 Å². The molecule has 2 aromatic heterocycles. The monoisotopic (exact) mass is 480 g/mol. The van der Waals surface area contributed by atoms with Gasteiger partial charge >= 0.3 is 0 Å². The van der Waals surface area contributed by atoms with Crippen molar-refractivity contribution in [2.45, 2.75) is 37.3 Å². The fourth-order valence-corrected chi connectivity index (χ4v) is 4.56. The minimum Gasteiger partial charge on any atom is -0.467 e. The summed E-state index contributed by atoms with van der Waals surface area (Å²) in [5, 5.41) is 9.83. The van der Waals surface area contributed by atoms with Crippen LogP contribution in [0, 0.1) is 0 Å². The maximum absolute atomic E-state index is 13.2. The van der Waals surface area contributed by atoms with Gasteiger partial charge in [-0.05, 0) is 55.8 Å². The number of carbonyl (C=O) groups is 1. The molecule has 0 N–H and O–H groups in total. The molecule has 0 aliphatic carbocycles. The Morgan fingerprint density at radius 3 is 2.52 bits per heavy atom. The number of nitrogens with zero attached hydrogens (tertiary/aromatic N) is 4. The number of aromatic nitrogens is 3. The van der Waals surface area contributed by atoms with E-state index in [1.165, 1.54) is 11.8 Å². The fourth-order valence-electron chi connectivity index (χ4n) is 3.50. The summed E-state index contributed by atoms with van der Waals surface area (Å²) < 4.78 is 7.54. The Bertz CT molecular complexity index is 1180. The zero-order valence-corrected chi connectivity index (χ0v) is 20.1. The molecule has 8 heteroatoms. The summed E-state index contributed by atoms with van der Waals surface area (Å²) in [5.74, 6) is 1.54. The lowest BCUT2D eigenvalue weighted by Crippen LogP contribution is -2.36. The summed E-state index contributed by atoms with van der Waals surface area (Å²) in [6, 6.07) is 21.2. The predicted molar refractivity (Wildman–Crippen MR) is 131 cm³/mol. The predicted octanol–water partition coefficient (Wildman–Crippen LogP) is 5.77. The van der Waals surface area contributed by atoms with Crippen LogP contribution in [0.25, 0.3) is 11.4 Å². The average molecular weight is 481 g/mol. The van der Waals surface area contributed by atoms with Crippen molar-refractivity contribution >= 4 is 29.3 Å². The highest BCUT2D eigenvalue weighted by Crippen LogP contribution is 2.29. The quantitative estimate of drug-likeness (QED) is 0.284. The van der Waals surface area contributed by atoms with Gasteiger partial charge in [0.15, 0.2) is 11.0 Å². The van der Waals surface area contributed by atoms with Gasteiger partial charge in [0.1, 0.15) is 5.76 Å². The first-order valence-electron chi connectivity index (χ1n) is 10.8. The first kappa shape index (κ1) is 23.1. The zero-order valence-electron chi connectivity index (χ0n) is 18.5. The molecule has 6 nitrogen and oxygen atoms in total. The Morgan fingerprint density at radius 2 is 1.85 bits per heavy atom. The highest BCUT2D eigenvalue weighted by Gasteiger charge is 2.25. The first-order chi connectivity index (χ1) is 16.0. The highest BCUT2D eigenvalue weighted by atomic mass is 35.5. The van der Waals surface area contributed by atoms with E-state index in [4.69, 9.17) is 16.0 Å². The van der Waals surface area contributed by atoms with Gasteiger partial charge in [0.05, 0.1) is 18.1 Å². The molecular weight excluding hydrogens is 456 g/mol. The van der Waals surface area contributed by atoms with Crippen molar-refractivity contribution < 1.29 is 9.21 Å². The summed E-state index contributed by atoms with van der Waals surface area (Å²) >= 11 is 7.46. The molecule has 2 aromatic carbocycles. The van der Waals surface area contributed by atoms with E-state index in [0.29, 0.717) is 35.6 Å². The van der Waals surface area contributed by atoms with E-state index < -0.39 is 0 Å². The van der Waals surface area contributed by atoms with Crippen LogP contribution in [0.15, 0.2) is 82.6 Å². The molecular formula is C25H25ClN4O2S. The Balaban J connectivity index is 1.57. The van der Waals surface area contributed by atoms with Crippen LogP contribution in [0.1, 0.15) is 25.2 Å². The molecule has 0 aliphatic heterocycles. The number of hydrogen-bond donors (Lipinski definition) is 0. The minimum atomic E-state index is -0.328. The molecule has 170 valence electrons. The summed E-state index contributed by atoms with van der Waals surface area (Å²) in [6.07, 6.45) is 1.64. The molecule has 0 saturated heterocycles. The van der Waals surface area contributed by atoms with Crippen molar-refractivity contribution in [3.05, 3.63) is 89.3 Å². The van der Waals surface area contributed by atoms with E-state index in [9.17, 15) is 4.79 Å². The normalized spacial score (nSPS) is 12.0. The number of halogens is 1. The fraction of sp³-hybridized carbons (Fsp3) is 0.240. The van der Waals surface area contributed by atoms with Gasteiger partial charge in [-0.15, -0.1) is 10.2 Å². The summed E-state index contributed by atoms with van der Waals surface area (Å²) in [4.78, 5) is 15.1. The van der Waals surface area contributed by atoms with Gasteiger partial charge in [-0.1, -0.05) is 53.7 Å². The third-order valence-electron chi connectivity index (χ3n) is 5.25. The maximum atomic E-state index is 13.2. The third-order valence-corrected chi connectivity index (χ3v) is 6.57. The van der Waals surface area contributed by atoms with Crippen molar-refractivity contribution in [2.24, 2.45) is 0 Å². The van der Waals surface area contributed by atoms with E-state index in [0.717, 1.165) is 16.9 Å². The van der Waals surface area contributed by atoms with Crippen LogP contribution < -0.4 is 0 Å². The van der Waals surface area contributed by atoms with Gasteiger partial charge < -0.3 is 9.32 Å². The number of benzene rings is 2. The van der Waals surface area contributed by atoms with E-state index in [-0.39, 0.29) is 11.2 Å². The molecule has 1 unspecified atom stereocenters. The lowest BCUT2D eigenvalue weighted by molar-refractivity contribution is -0.130. The molecule has 0 aliphatic rings. The first-order valence-corrected chi connectivity index (χ1v) is 12.0. The van der Waals surface area contributed by atoms with E-state index in [1.807, 2.05) is 90.0 Å². The van der Waals surface area contributed by atoms with Crippen LogP contribution in [0.4, 0.5) is 0 Å². The molecule has 33 heavy (non-hydrogen) atoms. The molecule has 0 saturated carbocycles. The largest absolute Gasteiger partial charge is 0.467 e. The molecule has 0 bridgehead atoms. The second-order valence-corrected chi connectivity index (χ2v) is 9.32. The van der Waals surface area contributed by atoms with Crippen LogP contribution in [-0.4, -0.2) is 37.4 Å². The molecule has 1 atom stereocenters. The SMILES string of the molecule is CCN(Cc1ccccc1)C(=O)C(C)Sc1nnc(-c2ccc(Cl)cc2)n1Cc1ccco1. The van der Waals surface area contributed by atoms with Gasteiger partial charge in [-0.25, -0.2) is 0 Å². The number of rotatable bonds is 9. The molecule has 4 rings (SSSR count). The van der Waals surface area contributed by atoms with Gasteiger partial charge in [0, 0.05) is 23.7 Å². The van der Waals surface area contributed by atoms with Crippen molar-refractivity contribution in [2.75, 3.05) is 6.54 Å². The Morgan fingerprint density at radius 1 is 1.09 bits per heavy atom. The van der Waals surface area contributed by atoms with E-state index in [2.05, 4.69) is 10.2 Å². The second-order valence-electron chi connectivity index (χ2n) is 7.58. The number of hydrogen-bond acceptors (Lipinski definition) is 5. The smallest absolute Gasteiger partial charge is 0.236 e. The number of furan rings is 1. The lowest BCUT2D eigenvalue weighted by Gasteiger charge is -2.24. The summed E-state index contributed by atoms with van der Waals surface area (Å²) in [5.41, 5.74) is 2.00. The standard InChI is InChI=1S/C25H25ClN4O2S/c1-3-29(16-19-8-5-4-6-9-19)24(31)18(2)33-25-28-27-23(20-11-13-21(26)14-12-20)30(25)17-22-10-7-15-32-22/h4-15,18H,3,16-17H2,1-2H3. The number of carbonyl (C=O) groups excluding carboxylic acids is 1. The van der Waals surface area contributed by atoms with Crippen LogP contribution in [0.3, 0.4) is 0 Å². The van der Waals surface area contributed by atoms with Gasteiger partial charge in [-0.2, -0.15) is 0 Å². The molecule has 0 radical (unpaired) electrons. The molecule has 0 fully saturated rings. The van der Waals surface area contributed by atoms with Gasteiger partial charge in [-0.3, -0.25) is 9.36 Å². The van der Waals surface area contributed by atoms with Crippen LogP contribution in [0.2, 0.25) is 5.02 Å². The van der Waals surface area contributed by atoms with Crippen LogP contribution >= 0.6 is 23.4 Å². The maximum Gasteiger partial charge on any atom is 0.236 e. The van der Waals surface area contributed by atoms with Gasteiger partial charge in [0.25, 0.3) is 0 Å². The Kier molecular flexibility index (Phi) is 7.52. The highest BCUT2D eigenvalue weighted by molar-refractivity contribution is 8.00. The third kappa shape index (κ3) is 5.67. The molecule has 4 aromatic rings. The summed E-state index contributed by atoms with van der Waals surface area (Å²) in [6.45, 7) is 5.58. The minimum absolute atomic E-state index is 0.0620. The van der Waals surface area contributed by atoms with Crippen molar-refractivity contribution in [1.29, 1.82) is 0 Å². The van der Waals surface area contributed by atoms with E-state index in [1.54, 1.807) is 6.26 Å². The van der Waals surface area contributed by atoms with Crippen LogP contribution in [0.5, 0.6) is 0 Å². The second kappa shape index (κ2) is 10.7. The van der Waals surface area contributed by atoms with Crippen molar-refractivity contribution in [3.8, 4) is 11.4 Å². The molecule has 2 heterocycles.